The van der Waals surface area contributed by atoms with Crippen LogP contribution in [0.1, 0.15) is 28.2 Å². The maximum absolute atomic E-state index is 12.9. The summed E-state index contributed by atoms with van der Waals surface area (Å²) in [6.45, 7) is -0.524. The van der Waals surface area contributed by atoms with Crippen molar-refractivity contribution < 1.29 is 23.6 Å². The first-order valence-corrected chi connectivity index (χ1v) is 11.0. The Labute approximate surface area is 205 Å². The Morgan fingerprint density at radius 1 is 1.00 bits per heavy atom. The van der Waals surface area contributed by atoms with Crippen LogP contribution in [0.5, 0.6) is 0 Å². The summed E-state index contributed by atoms with van der Waals surface area (Å²) < 4.78 is 10.2. The van der Waals surface area contributed by atoms with Gasteiger partial charge in [-0.15, -0.1) is 0 Å². The number of nitrogens with one attached hydrogen (secondary N) is 1. The molecule has 0 radical (unpaired) electrons. The van der Waals surface area contributed by atoms with E-state index in [4.69, 9.17) is 20.9 Å². The third-order valence-electron chi connectivity index (χ3n) is 4.81. The zero-order chi connectivity index (χ0) is 24.6. The van der Waals surface area contributed by atoms with Gasteiger partial charge in [0, 0.05) is 28.8 Å². The van der Waals surface area contributed by atoms with E-state index in [0.717, 1.165) is 0 Å². The molecule has 10 heteroatoms. The van der Waals surface area contributed by atoms with Crippen molar-refractivity contribution in [3.63, 3.8) is 0 Å². The molecule has 1 N–H and O–H groups in total. The lowest BCUT2D eigenvalue weighted by Gasteiger charge is -2.11. The highest BCUT2D eigenvalue weighted by Gasteiger charge is 2.17. The number of nitrogens with zero attached hydrogens (tertiary/aromatic N) is 3. The van der Waals surface area contributed by atoms with Gasteiger partial charge in [-0.1, -0.05) is 53.2 Å². The van der Waals surface area contributed by atoms with Gasteiger partial charge in [-0.25, -0.2) is 0 Å². The van der Waals surface area contributed by atoms with Crippen molar-refractivity contribution in [2.45, 2.75) is 12.8 Å². The smallest absolute Gasteiger partial charge is 0.306 e. The van der Waals surface area contributed by atoms with Crippen LogP contribution in [-0.4, -0.2) is 39.4 Å². The molecule has 0 aliphatic carbocycles. The Kier molecular flexibility index (Phi) is 7.59. The number of esters is 1. The molecule has 0 aliphatic rings. The first-order valence-electron chi connectivity index (χ1n) is 10.6. The van der Waals surface area contributed by atoms with Crippen molar-refractivity contribution in [1.29, 1.82) is 0 Å². The number of carbonyl (C=O) groups is 3. The first kappa shape index (κ1) is 23.8. The predicted molar refractivity (Wildman–Crippen MR) is 127 cm³/mol. The SMILES string of the molecule is O=C(COC(=O)CCc1nc(-c2ccccn2)no1)Nc1ccc(Cl)cc1C(=O)c1ccccc1. The monoisotopic (exact) mass is 490 g/mol. The van der Waals surface area contributed by atoms with Gasteiger partial charge < -0.3 is 14.6 Å². The number of benzene rings is 2. The first-order chi connectivity index (χ1) is 17.0. The molecule has 0 atom stereocenters. The van der Waals surface area contributed by atoms with Crippen LogP contribution < -0.4 is 5.32 Å². The minimum absolute atomic E-state index is 0.0597. The number of pyridine rings is 1. The van der Waals surface area contributed by atoms with Crippen LogP contribution in [0.25, 0.3) is 11.5 Å². The highest BCUT2D eigenvalue weighted by molar-refractivity contribution is 6.31. The largest absolute Gasteiger partial charge is 0.456 e. The third-order valence-corrected chi connectivity index (χ3v) is 5.04. The van der Waals surface area contributed by atoms with Crippen LogP contribution >= 0.6 is 11.6 Å². The zero-order valence-electron chi connectivity index (χ0n) is 18.3. The van der Waals surface area contributed by atoms with Crippen LogP contribution in [0.3, 0.4) is 0 Å². The summed E-state index contributed by atoms with van der Waals surface area (Å²) in [6, 6.07) is 18.5. The van der Waals surface area contributed by atoms with Crippen molar-refractivity contribution in [1.82, 2.24) is 15.1 Å². The summed E-state index contributed by atoms with van der Waals surface area (Å²) >= 11 is 6.05. The van der Waals surface area contributed by atoms with E-state index in [9.17, 15) is 14.4 Å². The molecule has 0 unspecified atom stereocenters. The van der Waals surface area contributed by atoms with Gasteiger partial charge in [-0.05, 0) is 30.3 Å². The second-order valence-electron chi connectivity index (χ2n) is 7.32. The molecule has 0 bridgehead atoms. The van der Waals surface area contributed by atoms with Gasteiger partial charge in [-0.2, -0.15) is 4.98 Å². The summed E-state index contributed by atoms with van der Waals surface area (Å²) in [6.07, 6.45) is 1.70. The van der Waals surface area contributed by atoms with Gasteiger partial charge in [0.1, 0.15) is 5.69 Å². The Balaban J connectivity index is 1.30. The number of aryl methyl sites for hydroxylation is 1. The molecule has 1 amide bonds. The minimum atomic E-state index is -0.616. The molecule has 2 aromatic heterocycles. The number of hydrogen-bond donors (Lipinski definition) is 1. The fraction of sp³-hybridized carbons (Fsp3) is 0.120. The molecule has 0 spiro atoms. The van der Waals surface area contributed by atoms with E-state index >= 15 is 0 Å². The lowest BCUT2D eigenvalue weighted by molar-refractivity contribution is -0.147. The maximum atomic E-state index is 12.9. The summed E-state index contributed by atoms with van der Waals surface area (Å²) in [5.41, 5.74) is 1.48. The number of ether oxygens (including phenoxy) is 1. The van der Waals surface area contributed by atoms with Gasteiger partial charge in [0.05, 0.1) is 12.1 Å². The molecular weight excluding hydrogens is 472 g/mol. The minimum Gasteiger partial charge on any atom is -0.456 e. The van der Waals surface area contributed by atoms with Crippen LogP contribution in [-0.2, 0) is 20.7 Å². The van der Waals surface area contributed by atoms with Gasteiger partial charge in [0.15, 0.2) is 12.4 Å². The highest BCUT2D eigenvalue weighted by atomic mass is 35.5. The van der Waals surface area contributed by atoms with E-state index in [2.05, 4.69) is 20.4 Å². The average molecular weight is 491 g/mol. The molecule has 0 aliphatic heterocycles. The number of aromatic nitrogens is 3. The summed E-state index contributed by atoms with van der Waals surface area (Å²) in [5.74, 6) is -0.952. The number of amides is 1. The number of carbonyl (C=O) groups excluding carboxylic acids is 3. The van der Waals surface area contributed by atoms with E-state index in [-0.39, 0.29) is 35.8 Å². The highest BCUT2D eigenvalue weighted by Crippen LogP contribution is 2.24. The number of anilines is 1. The number of ketones is 1. The molecule has 4 aromatic rings. The molecule has 176 valence electrons. The van der Waals surface area contributed by atoms with Gasteiger partial charge in [0.25, 0.3) is 5.91 Å². The van der Waals surface area contributed by atoms with Crippen LogP contribution in [0.15, 0.2) is 77.4 Å². The summed E-state index contributed by atoms with van der Waals surface area (Å²) in [7, 11) is 0. The van der Waals surface area contributed by atoms with Gasteiger partial charge in [-0.3, -0.25) is 19.4 Å². The zero-order valence-corrected chi connectivity index (χ0v) is 19.1. The van der Waals surface area contributed by atoms with Gasteiger partial charge >= 0.3 is 5.97 Å². The molecule has 9 nitrogen and oxygen atoms in total. The molecule has 0 fully saturated rings. The predicted octanol–water partition coefficient (Wildman–Crippen LogP) is 4.13. The van der Waals surface area contributed by atoms with E-state index in [1.165, 1.54) is 12.1 Å². The van der Waals surface area contributed by atoms with E-state index in [1.54, 1.807) is 60.8 Å². The standard InChI is InChI=1S/C25H19ClN4O5/c26-17-9-10-19(18(14-17)24(33)16-6-2-1-3-7-16)28-21(31)15-34-23(32)12-11-22-29-25(30-35-22)20-8-4-5-13-27-20/h1-10,13-14H,11-12,15H2,(H,28,31). The molecule has 4 rings (SSSR count). The Morgan fingerprint density at radius 3 is 2.57 bits per heavy atom. The van der Waals surface area contributed by atoms with Crippen LogP contribution in [0, 0.1) is 0 Å². The number of halogens is 1. The lowest BCUT2D eigenvalue weighted by atomic mass is 10.0. The van der Waals surface area contributed by atoms with Crippen molar-refractivity contribution in [3.8, 4) is 11.5 Å². The third kappa shape index (κ3) is 6.36. The summed E-state index contributed by atoms with van der Waals surface area (Å²) in [4.78, 5) is 45.6. The van der Waals surface area contributed by atoms with Crippen molar-refractivity contribution in [2.75, 3.05) is 11.9 Å². The normalized spacial score (nSPS) is 10.5. The topological polar surface area (TPSA) is 124 Å². The average Bonchev–Trinajstić information content (AvgIpc) is 3.37. The molecule has 0 saturated carbocycles. The molecular formula is C25H19ClN4O5. The van der Waals surface area contributed by atoms with Crippen molar-refractivity contribution in [2.24, 2.45) is 0 Å². The van der Waals surface area contributed by atoms with E-state index < -0.39 is 18.5 Å². The molecule has 35 heavy (non-hydrogen) atoms. The van der Waals surface area contributed by atoms with Crippen LogP contribution in [0.2, 0.25) is 5.02 Å². The van der Waals surface area contributed by atoms with Gasteiger partial charge in [0.2, 0.25) is 11.7 Å². The molecule has 0 saturated heterocycles. The second-order valence-corrected chi connectivity index (χ2v) is 7.76. The Hall–Kier alpha value is -4.37. The fourth-order valence-electron chi connectivity index (χ4n) is 3.13. The van der Waals surface area contributed by atoms with Crippen LogP contribution in [0.4, 0.5) is 5.69 Å². The van der Waals surface area contributed by atoms with Crippen molar-refractivity contribution >= 4 is 34.9 Å². The van der Waals surface area contributed by atoms with E-state index in [1.807, 2.05) is 0 Å². The maximum Gasteiger partial charge on any atom is 0.306 e. The number of rotatable bonds is 9. The fourth-order valence-corrected chi connectivity index (χ4v) is 3.30. The summed E-state index contributed by atoms with van der Waals surface area (Å²) in [5, 5.41) is 6.78. The Bertz CT molecular complexity index is 1340. The molecule has 2 aromatic carbocycles. The number of hydrogen-bond acceptors (Lipinski definition) is 8. The quantitative estimate of drug-likeness (QED) is 0.274. The molecule has 2 heterocycles. The van der Waals surface area contributed by atoms with Crippen molar-refractivity contribution in [3.05, 3.63) is 95.0 Å². The Morgan fingerprint density at radius 2 is 1.80 bits per heavy atom. The second kappa shape index (κ2) is 11.2. The lowest BCUT2D eigenvalue weighted by Crippen LogP contribution is -2.22. The van der Waals surface area contributed by atoms with E-state index in [0.29, 0.717) is 22.1 Å².